The van der Waals surface area contributed by atoms with Crippen molar-refractivity contribution < 1.29 is 9.18 Å². The van der Waals surface area contributed by atoms with Crippen LogP contribution in [-0.2, 0) is 13.1 Å². The normalized spacial score (nSPS) is 13.8. The van der Waals surface area contributed by atoms with Gasteiger partial charge in [-0.25, -0.2) is 4.39 Å². The first-order chi connectivity index (χ1) is 9.15. The first-order valence-corrected chi connectivity index (χ1v) is 6.44. The minimum atomic E-state index is -0.378. The van der Waals surface area contributed by atoms with E-state index in [2.05, 4.69) is 12.6 Å². The molecule has 0 N–H and O–H groups in total. The summed E-state index contributed by atoms with van der Waals surface area (Å²) in [5.74, 6) is -0.439. The lowest BCUT2D eigenvalue weighted by Crippen LogP contribution is -2.23. The maximum atomic E-state index is 13.4. The summed E-state index contributed by atoms with van der Waals surface area (Å²) in [6.07, 6.45) is 0. The molecule has 0 radical (unpaired) electrons. The summed E-state index contributed by atoms with van der Waals surface area (Å²) in [5, 5.41) is 0. The molecule has 2 aromatic rings. The van der Waals surface area contributed by atoms with Crippen LogP contribution in [0.1, 0.15) is 21.5 Å². The number of amides is 1. The van der Waals surface area contributed by atoms with Crippen LogP contribution in [0.3, 0.4) is 0 Å². The van der Waals surface area contributed by atoms with E-state index in [0.717, 1.165) is 11.1 Å². The molecule has 3 rings (SSSR count). The van der Waals surface area contributed by atoms with Crippen LogP contribution in [0, 0.1) is 5.82 Å². The highest BCUT2D eigenvalue weighted by Crippen LogP contribution is 2.28. The van der Waals surface area contributed by atoms with E-state index in [9.17, 15) is 9.18 Å². The van der Waals surface area contributed by atoms with Crippen molar-refractivity contribution >= 4 is 18.5 Å². The molecule has 19 heavy (non-hydrogen) atoms. The van der Waals surface area contributed by atoms with E-state index in [4.69, 9.17) is 0 Å². The van der Waals surface area contributed by atoms with E-state index < -0.39 is 0 Å². The molecule has 0 saturated carbocycles. The van der Waals surface area contributed by atoms with Gasteiger partial charge in [0.25, 0.3) is 5.91 Å². The molecule has 96 valence electrons. The van der Waals surface area contributed by atoms with Crippen LogP contribution in [0.15, 0.2) is 47.4 Å². The van der Waals surface area contributed by atoms with Gasteiger partial charge in [-0.2, -0.15) is 0 Å². The van der Waals surface area contributed by atoms with Crippen LogP contribution >= 0.6 is 12.6 Å². The van der Waals surface area contributed by atoms with E-state index in [0.29, 0.717) is 18.7 Å². The molecule has 4 heteroatoms. The number of rotatable bonds is 2. The maximum Gasteiger partial charge on any atom is 0.254 e. The van der Waals surface area contributed by atoms with Gasteiger partial charge in [-0.15, -0.1) is 12.6 Å². The van der Waals surface area contributed by atoms with Gasteiger partial charge in [0.05, 0.1) is 0 Å². The molecule has 1 amide bonds. The molecule has 0 bridgehead atoms. The molecule has 1 heterocycles. The van der Waals surface area contributed by atoms with Crippen molar-refractivity contribution in [1.82, 2.24) is 4.90 Å². The van der Waals surface area contributed by atoms with E-state index in [1.165, 1.54) is 12.1 Å². The predicted octanol–water partition coefficient (Wildman–Crippen LogP) is 3.27. The van der Waals surface area contributed by atoms with Crippen molar-refractivity contribution in [3.05, 3.63) is 65.0 Å². The summed E-state index contributed by atoms with van der Waals surface area (Å²) >= 11 is 4.02. The third kappa shape index (κ3) is 2.24. The molecule has 2 nitrogen and oxygen atoms in total. The molecule has 1 aliphatic rings. The van der Waals surface area contributed by atoms with Crippen molar-refractivity contribution in [2.75, 3.05) is 0 Å². The Balaban J connectivity index is 1.87. The number of thiol groups is 1. The fourth-order valence-corrected chi connectivity index (χ4v) is 2.51. The number of hydrogen-bond donors (Lipinski definition) is 1. The van der Waals surface area contributed by atoms with Gasteiger partial charge in [-0.3, -0.25) is 4.79 Å². The third-order valence-corrected chi connectivity index (χ3v) is 3.61. The van der Waals surface area contributed by atoms with Crippen molar-refractivity contribution in [3.63, 3.8) is 0 Å². The number of carbonyl (C=O) groups excluding carboxylic acids is 1. The van der Waals surface area contributed by atoms with Gasteiger partial charge >= 0.3 is 0 Å². The monoisotopic (exact) mass is 273 g/mol. The highest BCUT2D eigenvalue weighted by Gasteiger charge is 2.28. The number of nitrogens with zero attached hydrogens (tertiary/aromatic N) is 1. The Morgan fingerprint density at radius 3 is 2.68 bits per heavy atom. The van der Waals surface area contributed by atoms with Crippen molar-refractivity contribution in [3.8, 4) is 0 Å². The van der Waals surface area contributed by atoms with E-state index in [1.807, 2.05) is 30.3 Å². The summed E-state index contributed by atoms with van der Waals surface area (Å²) in [6.45, 7) is 0.992. The third-order valence-electron chi connectivity index (χ3n) is 3.27. The molecule has 0 aliphatic carbocycles. The average molecular weight is 273 g/mol. The molecule has 0 saturated heterocycles. The largest absolute Gasteiger partial charge is 0.330 e. The molecular weight excluding hydrogens is 261 g/mol. The second kappa shape index (κ2) is 4.70. The van der Waals surface area contributed by atoms with E-state index in [1.54, 1.807) is 4.90 Å². The van der Waals surface area contributed by atoms with Gasteiger partial charge in [0.1, 0.15) is 5.82 Å². The summed E-state index contributed by atoms with van der Waals surface area (Å²) in [5.41, 5.74) is 2.36. The number of carbonyl (C=O) groups is 1. The Labute approximate surface area is 116 Å². The zero-order valence-corrected chi connectivity index (χ0v) is 11.0. The summed E-state index contributed by atoms with van der Waals surface area (Å²) in [7, 11) is 0. The molecule has 0 aromatic heterocycles. The highest BCUT2D eigenvalue weighted by molar-refractivity contribution is 7.80. The van der Waals surface area contributed by atoms with Crippen LogP contribution in [0.5, 0.6) is 0 Å². The highest BCUT2D eigenvalue weighted by atomic mass is 32.1. The lowest BCUT2D eigenvalue weighted by Gasteiger charge is -2.15. The Morgan fingerprint density at radius 2 is 1.95 bits per heavy atom. The molecule has 0 atom stereocenters. The Hall–Kier alpha value is -1.81. The summed E-state index contributed by atoms with van der Waals surface area (Å²) in [4.78, 5) is 14.2. The minimum absolute atomic E-state index is 0.0610. The lowest BCUT2D eigenvalue weighted by molar-refractivity contribution is 0.0766. The number of benzene rings is 2. The van der Waals surface area contributed by atoms with Gasteiger partial charge in [0, 0.05) is 23.5 Å². The lowest BCUT2D eigenvalue weighted by atomic mass is 10.1. The quantitative estimate of drug-likeness (QED) is 0.833. The fraction of sp³-hybridized carbons (Fsp3) is 0.133. The van der Waals surface area contributed by atoms with Gasteiger partial charge in [-0.1, -0.05) is 30.3 Å². The maximum absolute atomic E-state index is 13.4. The van der Waals surface area contributed by atoms with E-state index in [-0.39, 0.29) is 16.6 Å². The minimum Gasteiger partial charge on any atom is -0.330 e. The summed E-state index contributed by atoms with van der Waals surface area (Å²) < 4.78 is 13.4. The number of fused-ring (bicyclic) bond motifs is 1. The second-order valence-corrected chi connectivity index (χ2v) is 5.09. The molecule has 2 aromatic carbocycles. The summed E-state index contributed by atoms with van der Waals surface area (Å²) in [6, 6.07) is 12.7. The Morgan fingerprint density at radius 1 is 1.21 bits per heavy atom. The standard InChI is InChI=1S/C15H12FNOS/c16-13-6-11-9-17(8-10-4-2-1-3-5-10)15(18)12(11)7-14(13)19/h1-7,19H,8-9H2. The van der Waals surface area contributed by atoms with Crippen LogP contribution in [0.25, 0.3) is 0 Å². The van der Waals surface area contributed by atoms with Crippen LogP contribution < -0.4 is 0 Å². The van der Waals surface area contributed by atoms with E-state index >= 15 is 0 Å². The van der Waals surface area contributed by atoms with Crippen LogP contribution in [-0.4, -0.2) is 10.8 Å². The van der Waals surface area contributed by atoms with Crippen molar-refractivity contribution in [2.24, 2.45) is 0 Å². The zero-order valence-electron chi connectivity index (χ0n) is 10.1. The first-order valence-electron chi connectivity index (χ1n) is 6.00. The average Bonchev–Trinajstić information content (AvgIpc) is 2.69. The molecule has 0 spiro atoms. The molecule has 0 unspecified atom stereocenters. The first kappa shape index (κ1) is 12.2. The van der Waals surface area contributed by atoms with Gasteiger partial charge in [0.15, 0.2) is 0 Å². The SMILES string of the molecule is O=C1c2cc(S)c(F)cc2CN1Cc1ccccc1. The topological polar surface area (TPSA) is 20.3 Å². The molecular formula is C15H12FNOS. The predicted molar refractivity (Wildman–Crippen MR) is 73.7 cm³/mol. The Kier molecular flexibility index (Phi) is 3.03. The van der Waals surface area contributed by atoms with Gasteiger partial charge in [-0.05, 0) is 23.3 Å². The van der Waals surface area contributed by atoms with Gasteiger partial charge in [0.2, 0.25) is 0 Å². The smallest absolute Gasteiger partial charge is 0.254 e. The van der Waals surface area contributed by atoms with Crippen LogP contribution in [0.2, 0.25) is 0 Å². The zero-order chi connectivity index (χ0) is 13.4. The van der Waals surface area contributed by atoms with Crippen molar-refractivity contribution in [1.29, 1.82) is 0 Å². The number of hydrogen-bond acceptors (Lipinski definition) is 2. The molecule has 1 aliphatic heterocycles. The van der Waals surface area contributed by atoms with Crippen LogP contribution in [0.4, 0.5) is 4.39 Å². The second-order valence-electron chi connectivity index (χ2n) is 4.61. The van der Waals surface area contributed by atoms with Crippen molar-refractivity contribution in [2.45, 2.75) is 18.0 Å². The van der Waals surface area contributed by atoms with Gasteiger partial charge < -0.3 is 4.90 Å². The Bertz CT molecular complexity index is 642. The fourth-order valence-electron chi connectivity index (χ4n) is 2.31. The molecule has 0 fully saturated rings. The number of halogens is 1.